The van der Waals surface area contributed by atoms with Crippen LogP contribution in [0.1, 0.15) is 284 Å². The van der Waals surface area contributed by atoms with Crippen LogP contribution in [-0.4, -0.2) is 100 Å². The van der Waals surface area contributed by atoms with Crippen molar-refractivity contribution in [3.8, 4) is 0 Å². The lowest BCUT2D eigenvalue weighted by atomic mass is 9.99. The maximum absolute atomic E-state index is 13.0. The van der Waals surface area contributed by atoms with Crippen LogP contribution in [-0.2, 0) is 23.8 Å². The van der Waals surface area contributed by atoms with Crippen molar-refractivity contribution in [3.63, 3.8) is 0 Å². The highest BCUT2D eigenvalue weighted by atomic mass is 16.7. The fourth-order valence-corrected chi connectivity index (χ4v) is 9.64. The van der Waals surface area contributed by atoms with Crippen molar-refractivity contribution in [2.45, 2.75) is 326 Å². The van der Waals surface area contributed by atoms with Gasteiger partial charge < -0.3 is 45.1 Å². The van der Waals surface area contributed by atoms with E-state index in [1.54, 1.807) is 6.08 Å². The Kier molecular flexibility index (Phi) is 50.5. The lowest BCUT2D eigenvalue weighted by Gasteiger charge is -2.40. The summed E-state index contributed by atoms with van der Waals surface area (Å²) in [4.78, 5) is 25.1. The van der Waals surface area contributed by atoms with E-state index < -0.39 is 49.5 Å². The lowest BCUT2D eigenvalue weighted by Crippen LogP contribution is -2.60. The van der Waals surface area contributed by atoms with Crippen molar-refractivity contribution in [1.29, 1.82) is 0 Å². The van der Waals surface area contributed by atoms with Crippen molar-refractivity contribution < 1.29 is 49.3 Å². The zero-order valence-corrected chi connectivity index (χ0v) is 48.3. The van der Waals surface area contributed by atoms with Crippen molar-refractivity contribution in [2.24, 2.45) is 0 Å². The van der Waals surface area contributed by atoms with Crippen LogP contribution in [0.4, 0.5) is 0 Å². The van der Waals surface area contributed by atoms with Gasteiger partial charge in [-0.05, 0) is 89.9 Å². The third kappa shape index (κ3) is 43.2. The largest absolute Gasteiger partial charge is 0.466 e. The van der Waals surface area contributed by atoms with E-state index in [4.69, 9.17) is 14.2 Å². The number of esters is 1. The van der Waals surface area contributed by atoms with Crippen LogP contribution >= 0.6 is 0 Å². The molecule has 0 saturated carbocycles. The SMILES string of the molecule is CCCCCC/C=C\C/C=C\CCCCCCCCCC(=O)OCCCCCCCCCCC/C=C\CCCCCCCCCC(=O)NC(COC1OC(CO)C(O)C(O)C1O)C(O)/C=C/CCCCCCCCC. The summed E-state index contributed by atoms with van der Waals surface area (Å²) in [5.74, 6) is -0.209. The number of carbonyl (C=O) groups is 2. The number of aliphatic hydroxyl groups excluding tert-OH is 5. The van der Waals surface area contributed by atoms with E-state index in [2.05, 4.69) is 55.6 Å². The quantitative estimate of drug-likeness (QED) is 0.0195. The fourth-order valence-electron chi connectivity index (χ4n) is 9.64. The Morgan fingerprint density at radius 3 is 1.37 bits per heavy atom. The molecule has 0 aliphatic carbocycles. The van der Waals surface area contributed by atoms with Gasteiger partial charge >= 0.3 is 5.97 Å². The first-order valence-corrected chi connectivity index (χ1v) is 31.4. The molecule has 438 valence electrons. The van der Waals surface area contributed by atoms with E-state index in [0.717, 1.165) is 83.5 Å². The normalized spacial score (nSPS) is 19.1. The highest BCUT2D eigenvalue weighted by Gasteiger charge is 2.44. The van der Waals surface area contributed by atoms with Gasteiger partial charge in [-0.15, -0.1) is 0 Å². The molecule has 1 aliphatic rings. The third-order valence-corrected chi connectivity index (χ3v) is 14.7. The molecule has 11 heteroatoms. The van der Waals surface area contributed by atoms with Crippen LogP contribution in [0, 0.1) is 0 Å². The standard InChI is InChI=1S/C64H117NO10/c1-3-5-7-9-11-13-14-15-16-17-23-26-29-32-36-40-44-48-52-60(69)73-53-49-45-41-37-33-30-27-24-21-19-18-20-22-25-28-31-35-39-43-47-51-59(68)65-56(57(67)50-46-42-38-34-12-10-8-6-4-2)55-74-64-63(72)62(71)61(70)58(54-66)75-64/h13-14,16-18,20,46,50,56-58,61-64,66-67,70-72H,3-12,15,19,21-45,47-49,51-55H2,1-2H3,(H,65,68)/b14-13-,17-16-,20-18-,50-46+. The molecule has 7 unspecified atom stereocenters. The molecular weight excluding hydrogens is 943 g/mol. The predicted molar refractivity (Wildman–Crippen MR) is 310 cm³/mol. The number of hydrogen-bond acceptors (Lipinski definition) is 10. The number of allylic oxidation sites excluding steroid dienone is 7. The van der Waals surface area contributed by atoms with Crippen molar-refractivity contribution in [2.75, 3.05) is 19.8 Å². The topological polar surface area (TPSA) is 175 Å². The fraction of sp³-hybridized carbons (Fsp3) is 0.844. The Morgan fingerprint density at radius 1 is 0.493 bits per heavy atom. The van der Waals surface area contributed by atoms with E-state index in [-0.39, 0.29) is 18.5 Å². The maximum atomic E-state index is 13.0. The zero-order chi connectivity index (χ0) is 54.5. The summed E-state index contributed by atoms with van der Waals surface area (Å²) in [6, 6.07) is -0.816. The average Bonchev–Trinajstić information content (AvgIpc) is 3.41. The van der Waals surface area contributed by atoms with E-state index in [1.165, 1.54) is 173 Å². The predicted octanol–water partition coefficient (Wildman–Crippen LogP) is 14.8. The summed E-state index contributed by atoms with van der Waals surface area (Å²) in [6.07, 6.45) is 57.9. The molecule has 0 aromatic rings. The van der Waals surface area contributed by atoms with Gasteiger partial charge in [0, 0.05) is 12.8 Å². The minimum atomic E-state index is -1.57. The molecule has 1 rings (SSSR count). The van der Waals surface area contributed by atoms with Gasteiger partial charge in [-0.2, -0.15) is 0 Å². The van der Waals surface area contributed by atoms with Crippen LogP contribution in [0.3, 0.4) is 0 Å². The van der Waals surface area contributed by atoms with Crippen molar-refractivity contribution >= 4 is 11.9 Å². The number of amides is 1. The first kappa shape index (κ1) is 70.6. The molecule has 0 radical (unpaired) electrons. The molecule has 11 nitrogen and oxygen atoms in total. The second-order valence-electron chi connectivity index (χ2n) is 21.8. The second kappa shape index (κ2) is 53.6. The molecule has 6 N–H and O–H groups in total. The van der Waals surface area contributed by atoms with Gasteiger partial charge in [0.25, 0.3) is 0 Å². The van der Waals surface area contributed by atoms with E-state index in [9.17, 15) is 35.1 Å². The molecule has 1 aliphatic heterocycles. The molecule has 1 saturated heterocycles. The van der Waals surface area contributed by atoms with Crippen LogP contribution in [0.25, 0.3) is 0 Å². The minimum absolute atomic E-state index is 0.0155. The monoisotopic (exact) mass is 1060 g/mol. The highest BCUT2D eigenvalue weighted by molar-refractivity contribution is 5.76. The third-order valence-electron chi connectivity index (χ3n) is 14.7. The van der Waals surface area contributed by atoms with Gasteiger partial charge in [0.1, 0.15) is 24.4 Å². The number of unbranched alkanes of at least 4 members (excludes halogenated alkanes) is 34. The molecule has 1 heterocycles. The number of aliphatic hydroxyl groups is 5. The van der Waals surface area contributed by atoms with Crippen LogP contribution in [0.2, 0.25) is 0 Å². The van der Waals surface area contributed by atoms with Gasteiger partial charge in [0.05, 0.1) is 32.0 Å². The smallest absolute Gasteiger partial charge is 0.305 e. The molecule has 7 atom stereocenters. The lowest BCUT2D eigenvalue weighted by molar-refractivity contribution is -0.302. The zero-order valence-electron chi connectivity index (χ0n) is 48.3. The summed E-state index contributed by atoms with van der Waals surface area (Å²) < 4.78 is 16.7. The van der Waals surface area contributed by atoms with Crippen molar-refractivity contribution in [1.82, 2.24) is 5.32 Å². The first-order valence-electron chi connectivity index (χ1n) is 31.4. The Morgan fingerprint density at radius 2 is 0.893 bits per heavy atom. The molecule has 1 amide bonds. The highest BCUT2D eigenvalue weighted by Crippen LogP contribution is 2.23. The number of carbonyl (C=O) groups excluding carboxylic acids is 2. The van der Waals surface area contributed by atoms with E-state index in [0.29, 0.717) is 19.4 Å². The summed E-state index contributed by atoms with van der Waals surface area (Å²) in [5.41, 5.74) is 0. The Labute approximate surface area is 459 Å². The van der Waals surface area contributed by atoms with Gasteiger partial charge in [-0.1, -0.05) is 229 Å². The number of hydrogen-bond donors (Lipinski definition) is 6. The van der Waals surface area contributed by atoms with Gasteiger partial charge in [0.2, 0.25) is 5.91 Å². The molecule has 0 spiro atoms. The van der Waals surface area contributed by atoms with E-state index >= 15 is 0 Å². The average molecular weight is 1060 g/mol. The molecule has 1 fully saturated rings. The summed E-state index contributed by atoms with van der Waals surface area (Å²) in [6.45, 7) is 4.28. The first-order chi connectivity index (χ1) is 36.7. The number of ether oxygens (including phenoxy) is 3. The molecule has 0 aromatic carbocycles. The summed E-state index contributed by atoms with van der Waals surface area (Å²) >= 11 is 0. The number of rotatable bonds is 54. The van der Waals surface area contributed by atoms with E-state index in [1.807, 2.05) is 6.08 Å². The van der Waals surface area contributed by atoms with Gasteiger partial charge in [0.15, 0.2) is 6.29 Å². The van der Waals surface area contributed by atoms with Gasteiger partial charge in [-0.25, -0.2) is 0 Å². The van der Waals surface area contributed by atoms with Crippen molar-refractivity contribution in [3.05, 3.63) is 48.6 Å². The van der Waals surface area contributed by atoms with Crippen LogP contribution in [0.15, 0.2) is 48.6 Å². The summed E-state index contributed by atoms with van der Waals surface area (Å²) in [7, 11) is 0. The molecular formula is C64H117NO10. The Hall–Kier alpha value is -2.38. The Bertz CT molecular complexity index is 1390. The Balaban J connectivity index is 2.00. The van der Waals surface area contributed by atoms with Crippen LogP contribution < -0.4 is 5.32 Å². The van der Waals surface area contributed by atoms with Gasteiger partial charge in [-0.3, -0.25) is 9.59 Å². The number of nitrogens with one attached hydrogen (secondary N) is 1. The maximum Gasteiger partial charge on any atom is 0.305 e. The molecule has 0 aromatic heterocycles. The molecule has 75 heavy (non-hydrogen) atoms. The summed E-state index contributed by atoms with van der Waals surface area (Å²) in [5, 5.41) is 54.2. The molecule has 0 bridgehead atoms. The minimum Gasteiger partial charge on any atom is -0.466 e. The van der Waals surface area contributed by atoms with Crippen LogP contribution in [0.5, 0.6) is 0 Å². The second-order valence-corrected chi connectivity index (χ2v) is 21.8.